The third-order valence-corrected chi connectivity index (χ3v) is 10.9. The van der Waals surface area contributed by atoms with Crippen molar-refractivity contribution in [2.24, 2.45) is 5.92 Å². The Morgan fingerprint density at radius 3 is 2.73 bits per heavy atom. The number of nitrogens with one attached hydrogen (secondary N) is 1. The summed E-state index contributed by atoms with van der Waals surface area (Å²) in [6, 6.07) is 14.2. The summed E-state index contributed by atoms with van der Waals surface area (Å²) in [4.78, 5) is 18.1. The van der Waals surface area contributed by atoms with Gasteiger partial charge < -0.3 is 10.2 Å². The van der Waals surface area contributed by atoms with Crippen LogP contribution in [0, 0.1) is 5.92 Å². The molecule has 2 aromatic heterocycles. The number of carbonyl (C=O) groups excluding carboxylic acids is 1. The maximum atomic E-state index is 13.7. The van der Waals surface area contributed by atoms with Gasteiger partial charge in [0.2, 0.25) is 10.0 Å². The molecule has 2 aromatic carbocycles. The van der Waals surface area contributed by atoms with Crippen molar-refractivity contribution >= 4 is 54.9 Å². The van der Waals surface area contributed by atoms with Gasteiger partial charge in [0.15, 0.2) is 5.65 Å². The lowest BCUT2D eigenvalue weighted by Crippen LogP contribution is -2.44. The number of benzene rings is 2. The van der Waals surface area contributed by atoms with Crippen molar-refractivity contribution in [1.29, 1.82) is 0 Å². The lowest BCUT2D eigenvalue weighted by molar-refractivity contribution is -0.155. The fourth-order valence-corrected chi connectivity index (χ4v) is 8.01. The lowest BCUT2D eigenvalue weighted by atomic mass is 9.99. The molecule has 232 valence electrons. The number of carbonyl (C=O) groups is 1. The molecule has 44 heavy (non-hydrogen) atoms. The molecule has 0 spiro atoms. The first-order valence-corrected chi connectivity index (χ1v) is 16.8. The lowest BCUT2D eigenvalue weighted by Gasteiger charge is -2.33. The summed E-state index contributed by atoms with van der Waals surface area (Å²) in [6.45, 7) is 1.89. The van der Waals surface area contributed by atoms with Gasteiger partial charge in [0.25, 0.3) is 5.91 Å². The standard InChI is InChI=1S/C30H30BrClF2N6O3S/c1-30(33,34)29(41)38-12-10-20-8-9-22(13-21(20)18-38)44(42,43)39-11-4-5-19(17-39)15-35-27-14-26(23-6-2-3-7-25(23)32)37-28-24(31)16-36-40(27)28/h2-3,6-9,13-14,16,19,35H,4-5,10-12,15,17-18H2,1H3. The number of fused-ring (bicyclic) bond motifs is 2. The minimum absolute atomic E-state index is 0.0158. The zero-order chi connectivity index (χ0) is 31.2. The molecular formula is C30H30BrClF2N6O3S. The monoisotopic (exact) mass is 706 g/mol. The van der Waals surface area contributed by atoms with Crippen LogP contribution in [0.15, 0.2) is 64.1 Å². The Bertz CT molecular complexity index is 1850. The second-order valence-corrected chi connectivity index (χ2v) is 14.5. The van der Waals surface area contributed by atoms with Gasteiger partial charge in [0.05, 0.1) is 21.3 Å². The van der Waals surface area contributed by atoms with Gasteiger partial charge in [-0.25, -0.2) is 13.4 Å². The van der Waals surface area contributed by atoms with Crippen molar-refractivity contribution < 1.29 is 22.0 Å². The van der Waals surface area contributed by atoms with Gasteiger partial charge in [-0.2, -0.15) is 22.7 Å². The van der Waals surface area contributed by atoms with E-state index in [1.165, 1.54) is 10.4 Å². The zero-order valence-corrected chi connectivity index (χ0v) is 27.0. The summed E-state index contributed by atoms with van der Waals surface area (Å²) in [6.07, 6.45) is 3.58. The van der Waals surface area contributed by atoms with Crippen LogP contribution < -0.4 is 5.32 Å². The molecule has 1 saturated heterocycles. The molecule has 1 unspecified atom stereocenters. The Morgan fingerprint density at radius 2 is 1.95 bits per heavy atom. The van der Waals surface area contributed by atoms with E-state index in [2.05, 4.69) is 26.3 Å². The first-order chi connectivity index (χ1) is 20.9. The fourth-order valence-electron chi connectivity index (χ4n) is 5.82. The largest absolute Gasteiger partial charge is 0.370 e. The van der Waals surface area contributed by atoms with Crippen LogP contribution in [-0.2, 0) is 27.8 Å². The molecule has 1 N–H and O–H groups in total. The van der Waals surface area contributed by atoms with Crippen molar-refractivity contribution in [2.75, 3.05) is 31.5 Å². The second kappa shape index (κ2) is 12.0. The summed E-state index contributed by atoms with van der Waals surface area (Å²) < 4.78 is 58.7. The molecule has 0 saturated carbocycles. The third-order valence-electron chi connectivity index (χ3n) is 8.12. The van der Waals surface area contributed by atoms with Gasteiger partial charge in [-0.3, -0.25) is 4.79 Å². The number of hydrogen-bond acceptors (Lipinski definition) is 6. The molecule has 1 amide bonds. The van der Waals surface area contributed by atoms with E-state index in [4.69, 9.17) is 16.6 Å². The van der Waals surface area contributed by atoms with Gasteiger partial charge >= 0.3 is 5.92 Å². The molecule has 14 heteroatoms. The number of rotatable bonds is 7. The molecule has 1 atom stereocenters. The van der Waals surface area contributed by atoms with Gasteiger partial charge in [-0.15, -0.1) is 0 Å². The molecular weight excluding hydrogens is 678 g/mol. The predicted molar refractivity (Wildman–Crippen MR) is 167 cm³/mol. The number of nitrogens with zero attached hydrogens (tertiary/aromatic N) is 5. The third kappa shape index (κ3) is 6.07. The number of aromatic nitrogens is 3. The summed E-state index contributed by atoms with van der Waals surface area (Å²) in [5, 5.41) is 8.47. The molecule has 2 aliphatic heterocycles. The van der Waals surface area contributed by atoms with Crippen molar-refractivity contribution in [3.8, 4) is 11.3 Å². The normalized spacial score (nSPS) is 17.9. The minimum Gasteiger partial charge on any atom is -0.370 e. The number of piperidine rings is 1. The smallest absolute Gasteiger partial charge is 0.322 e. The van der Waals surface area contributed by atoms with E-state index < -0.39 is 21.9 Å². The number of sulfonamides is 1. The zero-order valence-electron chi connectivity index (χ0n) is 23.8. The van der Waals surface area contributed by atoms with Gasteiger partial charge in [0.1, 0.15) is 5.82 Å². The Hall–Kier alpha value is -3.13. The van der Waals surface area contributed by atoms with E-state index in [9.17, 15) is 22.0 Å². The fraction of sp³-hybridized carbons (Fsp3) is 0.367. The second-order valence-electron chi connectivity index (χ2n) is 11.3. The minimum atomic E-state index is -3.85. The summed E-state index contributed by atoms with van der Waals surface area (Å²) in [5.74, 6) is -4.02. The number of hydrogen-bond donors (Lipinski definition) is 1. The van der Waals surface area contributed by atoms with Gasteiger partial charge in [-0.05, 0) is 70.4 Å². The van der Waals surface area contributed by atoms with Crippen molar-refractivity contribution in [3.63, 3.8) is 0 Å². The van der Waals surface area contributed by atoms with Crippen LogP contribution in [0.4, 0.5) is 14.6 Å². The highest BCUT2D eigenvalue weighted by Crippen LogP contribution is 2.32. The summed E-state index contributed by atoms with van der Waals surface area (Å²) in [5.41, 5.74) is 3.51. The molecule has 6 rings (SSSR count). The Labute approximate surface area is 267 Å². The van der Waals surface area contributed by atoms with Crippen LogP contribution in [0.1, 0.15) is 30.9 Å². The quantitative estimate of drug-likeness (QED) is 0.258. The Morgan fingerprint density at radius 1 is 1.16 bits per heavy atom. The average molecular weight is 708 g/mol. The van der Waals surface area contributed by atoms with E-state index in [0.717, 1.165) is 26.9 Å². The number of amides is 1. The van der Waals surface area contributed by atoms with Crippen molar-refractivity contribution in [2.45, 2.75) is 43.5 Å². The maximum Gasteiger partial charge on any atom is 0.322 e. The van der Waals surface area contributed by atoms with E-state index in [-0.39, 0.29) is 23.9 Å². The van der Waals surface area contributed by atoms with Crippen molar-refractivity contribution in [1.82, 2.24) is 23.8 Å². The number of alkyl halides is 2. The van der Waals surface area contributed by atoms with E-state index in [1.807, 2.05) is 24.3 Å². The molecule has 2 aliphatic rings. The topological polar surface area (TPSA) is 99.9 Å². The predicted octanol–water partition coefficient (Wildman–Crippen LogP) is 5.86. The SMILES string of the molecule is CC(F)(F)C(=O)N1CCc2ccc(S(=O)(=O)N3CCCC(CNc4cc(-c5ccccc5Cl)nc5c(Br)cnn45)C3)cc2C1. The molecule has 4 aromatic rings. The highest BCUT2D eigenvalue weighted by molar-refractivity contribution is 9.10. The van der Waals surface area contributed by atoms with Crippen LogP contribution in [0.5, 0.6) is 0 Å². The van der Waals surface area contributed by atoms with Crippen LogP contribution in [-0.4, -0.2) is 70.2 Å². The molecule has 0 aliphatic carbocycles. The van der Waals surface area contributed by atoms with Crippen LogP contribution in [0.3, 0.4) is 0 Å². The molecule has 1 fully saturated rings. The van der Waals surface area contributed by atoms with Crippen LogP contribution >= 0.6 is 27.5 Å². The molecule has 9 nitrogen and oxygen atoms in total. The Kier molecular flexibility index (Phi) is 8.42. The first kappa shape index (κ1) is 30.9. The van der Waals surface area contributed by atoms with Crippen LogP contribution in [0.2, 0.25) is 5.02 Å². The van der Waals surface area contributed by atoms with Crippen molar-refractivity contribution in [3.05, 3.63) is 75.4 Å². The highest BCUT2D eigenvalue weighted by Gasteiger charge is 2.38. The van der Waals surface area contributed by atoms with E-state index in [0.29, 0.717) is 67.1 Å². The summed E-state index contributed by atoms with van der Waals surface area (Å²) in [7, 11) is -3.85. The molecule has 0 radical (unpaired) electrons. The van der Waals surface area contributed by atoms with Gasteiger partial charge in [-0.1, -0.05) is 35.9 Å². The van der Waals surface area contributed by atoms with E-state index >= 15 is 0 Å². The molecule has 0 bridgehead atoms. The first-order valence-electron chi connectivity index (χ1n) is 14.2. The Balaban J connectivity index is 1.19. The van der Waals surface area contributed by atoms with Crippen LogP contribution in [0.25, 0.3) is 16.9 Å². The van der Waals surface area contributed by atoms with Gasteiger partial charge in [0, 0.05) is 56.3 Å². The highest BCUT2D eigenvalue weighted by atomic mass is 79.9. The van der Waals surface area contributed by atoms with E-state index in [1.54, 1.807) is 28.9 Å². The maximum absolute atomic E-state index is 13.7. The molecule has 4 heterocycles. The number of anilines is 1. The average Bonchev–Trinajstić information content (AvgIpc) is 3.39. The summed E-state index contributed by atoms with van der Waals surface area (Å²) >= 11 is 9.97. The number of halogens is 4.